The molecule has 4 nitrogen and oxygen atoms in total. The highest BCUT2D eigenvalue weighted by atomic mass is 15.2. The lowest BCUT2D eigenvalue weighted by Gasteiger charge is -2.31. The molecular weight excluding hydrogens is 188 g/mol. The smallest absolute Gasteiger partial charge is 0.0433 e. The SMILES string of the molecule is NCc1c(N)cccc1N1CCNCC1. The number of nitrogens with one attached hydrogen (secondary N) is 1. The van der Waals surface area contributed by atoms with Crippen LogP contribution in [0.4, 0.5) is 11.4 Å². The van der Waals surface area contributed by atoms with E-state index in [-0.39, 0.29) is 0 Å². The van der Waals surface area contributed by atoms with Gasteiger partial charge in [0.2, 0.25) is 0 Å². The molecule has 1 fully saturated rings. The van der Waals surface area contributed by atoms with Crippen molar-refractivity contribution < 1.29 is 0 Å². The van der Waals surface area contributed by atoms with Crippen LogP contribution >= 0.6 is 0 Å². The molecule has 0 aliphatic carbocycles. The van der Waals surface area contributed by atoms with Gasteiger partial charge in [-0.3, -0.25) is 0 Å². The number of nitrogens with two attached hydrogens (primary N) is 2. The third-order valence-corrected chi connectivity index (χ3v) is 2.85. The zero-order chi connectivity index (χ0) is 10.7. The van der Waals surface area contributed by atoms with Crippen molar-refractivity contribution in [3.8, 4) is 0 Å². The van der Waals surface area contributed by atoms with Crippen molar-refractivity contribution in [3.05, 3.63) is 23.8 Å². The summed E-state index contributed by atoms with van der Waals surface area (Å²) in [5, 5.41) is 3.33. The van der Waals surface area contributed by atoms with E-state index >= 15 is 0 Å². The first kappa shape index (κ1) is 10.3. The van der Waals surface area contributed by atoms with Crippen LogP contribution in [0.3, 0.4) is 0 Å². The van der Waals surface area contributed by atoms with Crippen molar-refractivity contribution in [2.45, 2.75) is 6.54 Å². The third kappa shape index (κ3) is 2.06. The van der Waals surface area contributed by atoms with Crippen molar-refractivity contribution in [2.75, 3.05) is 36.8 Å². The molecule has 0 aromatic heterocycles. The van der Waals surface area contributed by atoms with Crippen molar-refractivity contribution in [3.63, 3.8) is 0 Å². The fraction of sp³-hybridized carbons (Fsp3) is 0.455. The maximum Gasteiger partial charge on any atom is 0.0433 e. The topological polar surface area (TPSA) is 67.3 Å². The summed E-state index contributed by atoms with van der Waals surface area (Å²) >= 11 is 0. The molecule has 1 aliphatic heterocycles. The molecule has 4 heteroatoms. The van der Waals surface area contributed by atoms with E-state index in [1.807, 2.05) is 12.1 Å². The van der Waals surface area contributed by atoms with Crippen LogP contribution in [0.15, 0.2) is 18.2 Å². The van der Waals surface area contributed by atoms with E-state index in [0.717, 1.165) is 37.4 Å². The predicted molar refractivity (Wildman–Crippen MR) is 63.8 cm³/mol. The number of nitrogen functional groups attached to an aromatic ring is 1. The Hall–Kier alpha value is -1.26. The largest absolute Gasteiger partial charge is 0.398 e. The van der Waals surface area contributed by atoms with E-state index in [1.54, 1.807) is 0 Å². The Balaban J connectivity index is 2.29. The fourth-order valence-corrected chi connectivity index (χ4v) is 2.02. The summed E-state index contributed by atoms with van der Waals surface area (Å²) in [6.07, 6.45) is 0. The third-order valence-electron chi connectivity index (χ3n) is 2.85. The van der Waals surface area contributed by atoms with Gasteiger partial charge >= 0.3 is 0 Å². The lowest BCUT2D eigenvalue weighted by atomic mass is 10.1. The molecule has 0 atom stereocenters. The van der Waals surface area contributed by atoms with Gasteiger partial charge in [-0.1, -0.05) is 6.07 Å². The molecule has 1 aliphatic rings. The van der Waals surface area contributed by atoms with Gasteiger partial charge in [0.15, 0.2) is 0 Å². The summed E-state index contributed by atoms with van der Waals surface area (Å²) in [7, 11) is 0. The van der Waals surface area contributed by atoms with Crippen LogP contribution in [-0.2, 0) is 6.54 Å². The second-order valence-electron chi connectivity index (χ2n) is 3.79. The van der Waals surface area contributed by atoms with Gasteiger partial charge in [0, 0.05) is 49.7 Å². The van der Waals surface area contributed by atoms with Crippen LogP contribution in [0, 0.1) is 0 Å². The van der Waals surface area contributed by atoms with Gasteiger partial charge in [0.1, 0.15) is 0 Å². The Bertz CT molecular complexity index is 331. The summed E-state index contributed by atoms with van der Waals surface area (Å²) in [6.45, 7) is 4.61. The number of benzene rings is 1. The molecule has 0 saturated carbocycles. The molecule has 82 valence electrons. The zero-order valence-electron chi connectivity index (χ0n) is 8.87. The second kappa shape index (κ2) is 4.51. The maximum absolute atomic E-state index is 5.92. The summed E-state index contributed by atoms with van der Waals surface area (Å²) in [6, 6.07) is 6.00. The number of anilines is 2. The molecule has 0 amide bonds. The van der Waals surface area contributed by atoms with Crippen LogP contribution in [0.2, 0.25) is 0 Å². The number of hydrogen-bond donors (Lipinski definition) is 3. The fourth-order valence-electron chi connectivity index (χ4n) is 2.02. The summed E-state index contributed by atoms with van der Waals surface area (Å²) in [5.41, 5.74) is 14.7. The minimum atomic E-state index is 0.506. The lowest BCUT2D eigenvalue weighted by molar-refractivity contribution is 0.588. The molecule has 0 bridgehead atoms. The van der Waals surface area contributed by atoms with Gasteiger partial charge < -0.3 is 21.7 Å². The molecule has 0 spiro atoms. The predicted octanol–water partition coefficient (Wildman–Crippen LogP) is 0.137. The summed E-state index contributed by atoms with van der Waals surface area (Å²) < 4.78 is 0. The number of rotatable bonds is 2. The average molecular weight is 206 g/mol. The molecule has 15 heavy (non-hydrogen) atoms. The van der Waals surface area contributed by atoms with Gasteiger partial charge in [-0.25, -0.2) is 0 Å². The molecule has 1 heterocycles. The van der Waals surface area contributed by atoms with Crippen LogP contribution in [-0.4, -0.2) is 26.2 Å². The Morgan fingerprint density at radius 3 is 2.67 bits per heavy atom. The Kier molecular flexibility index (Phi) is 3.08. The van der Waals surface area contributed by atoms with E-state index in [4.69, 9.17) is 11.5 Å². The van der Waals surface area contributed by atoms with Gasteiger partial charge in [0.05, 0.1) is 0 Å². The summed E-state index contributed by atoms with van der Waals surface area (Å²) in [4.78, 5) is 2.34. The highest BCUT2D eigenvalue weighted by molar-refractivity contribution is 5.65. The monoisotopic (exact) mass is 206 g/mol. The molecule has 0 unspecified atom stereocenters. The normalized spacial score (nSPS) is 16.7. The van der Waals surface area contributed by atoms with Crippen molar-refractivity contribution in [2.24, 2.45) is 5.73 Å². The highest BCUT2D eigenvalue weighted by Gasteiger charge is 2.14. The van der Waals surface area contributed by atoms with Crippen LogP contribution < -0.4 is 21.7 Å². The van der Waals surface area contributed by atoms with E-state index in [9.17, 15) is 0 Å². The van der Waals surface area contributed by atoms with Crippen molar-refractivity contribution in [1.29, 1.82) is 0 Å². The first-order chi connectivity index (χ1) is 7.33. The lowest BCUT2D eigenvalue weighted by Crippen LogP contribution is -2.44. The number of piperazine rings is 1. The van der Waals surface area contributed by atoms with Crippen LogP contribution in [0.5, 0.6) is 0 Å². The molecular formula is C11H18N4. The zero-order valence-corrected chi connectivity index (χ0v) is 8.87. The highest BCUT2D eigenvalue weighted by Crippen LogP contribution is 2.25. The Morgan fingerprint density at radius 1 is 1.27 bits per heavy atom. The number of nitrogens with zero attached hydrogens (tertiary/aromatic N) is 1. The minimum Gasteiger partial charge on any atom is -0.398 e. The van der Waals surface area contributed by atoms with E-state index in [1.165, 1.54) is 5.69 Å². The quantitative estimate of drug-likeness (QED) is 0.602. The molecule has 1 saturated heterocycles. The first-order valence-electron chi connectivity index (χ1n) is 5.36. The molecule has 0 radical (unpaired) electrons. The van der Waals surface area contributed by atoms with Crippen molar-refractivity contribution >= 4 is 11.4 Å². The van der Waals surface area contributed by atoms with Gasteiger partial charge in [-0.05, 0) is 12.1 Å². The first-order valence-corrected chi connectivity index (χ1v) is 5.36. The maximum atomic E-state index is 5.92. The Morgan fingerprint density at radius 2 is 2.00 bits per heavy atom. The summed E-state index contributed by atoms with van der Waals surface area (Å²) in [5.74, 6) is 0. The minimum absolute atomic E-state index is 0.506. The molecule has 1 aromatic carbocycles. The standard InChI is InChI=1S/C11H18N4/c12-8-9-10(13)2-1-3-11(9)15-6-4-14-5-7-15/h1-3,14H,4-8,12-13H2. The van der Waals surface area contributed by atoms with Gasteiger partial charge in [-0.2, -0.15) is 0 Å². The van der Waals surface area contributed by atoms with Gasteiger partial charge in [0.25, 0.3) is 0 Å². The van der Waals surface area contributed by atoms with Crippen LogP contribution in [0.25, 0.3) is 0 Å². The van der Waals surface area contributed by atoms with E-state index in [2.05, 4.69) is 16.3 Å². The van der Waals surface area contributed by atoms with E-state index in [0.29, 0.717) is 6.54 Å². The van der Waals surface area contributed by atoms with Gasteiger partial charge in [-0.15, -0.1) is 0 Å². The second-order valence-corrected chi connectivity index (χ2v) is 3.79. The average Bonchev–Trinajstić information content (AvgIpc) is 2.30. The Labute approximate surface area is 90.2 Å². The van der Waals surface area contributed by atoms with Crippen LogP contribution in [0.1, 0.15) is 5.56 Å². The van der Waals surface area contributed by atoms with E-state index < -0.39 is 0 Å². The molecule has 5 N–H and O–H groups in total. The van der Waals surface area contributed by atoms with Crippen molar-refractivity contribution in [1.82, 2.24) is 5.32 Å². The molecule has 1 aromatic rings. The molecule has 2 rings (SSSR count). The number of hydrogen-bond acceptors (Lipinski definition) is 4.